The first-order valence-corrected chi connectivity index (χ1v) is 9.81. The van der Waals surface area contributed by atoms with Crippen molar-refractivity contribution >= 4 is 16.8 Å². The third-order valence-corrected chi connectivity index (χ3v) is 5.57. The Labute approximate surface area is 168 Å². The van der Waals surface area contributed by atoms with Crippen LogP contribution in [0.5, 0.6) is 5.75 Å². The van der Waals surface area contributed by atoms with Gasteiger partial charge in [0, 0.05) is 28.1 Å². The molecule has 1 aliphatic carbocycles. The van der Waals surface area contributed by atoms with Crippen LogP contribution in [0.15, 0.2) is 53.3 Å². The molecule has 0 aliphatic heterocycles. The normalized spacial score (nSPS) is 14.3. The van der Waals surface area contributed by atoms with E-state index >= 15 is 0 Å². The third-order valence-electron chi connectivity index (χ3n) is 5.57. The van der Waals surface area contributed by atoms with Gasteiger partial charge in [0.1, 0.15) is 11.6 Å². The Kier molecular flexibility index (Phi) is 5.34. The zero-order valence-electron chi connectivity index (χ0n) is 16.3. The first kappa shape index (κ1) is 19.2. The molecule has 6 heteroatoms. The number of hydrogen-bond donors (Lipinski definition) is 1. The molecule has 0 spiro atoms. The molecule has 1 aromatic heterocycles. The molecule has 0 unspecified atom stereocenters. The second-order valence-corrected chi connectivity index (χ2v) is 7.46. The van der Waals surface area contributed by atoms with Crippen molar-refractivity contribution in [1.82, 2.24) is 9.88 Å². The van der Waals surface area contributed by atoms with Crippen molar-refractivity contribution in [3.63, 3.8) is 0 Å². The van der Waals surface area contributed by atoms with Gasteiger partial charge in [0.15, 0.2) is 0 Å². The lowest BCUT2D eigenvalue weighted by atomic mass is 10.1. The van der Waals surface area contributed by atoms with Gasteiger partial charge in [0.25, 0.3) is 11.5 Å². The van der Waals surface area contributed by atoms with Gasteiger partial charge in [-0.1, -0.05) is 18.9 Å². The molecule has 0 bridgehead atoms. The topological polar surface area (TPSA) is 62.4 Å². The Morgan fingerprint density at radius 2 is 1.97 bits per heavy atom. The summed E-state index contributed by atoms with van der Waals surface area (Å²) < 4.78 is 18.9. The fourth-order valence-corrected chi connectivity index (χ4v) is 4.03. The molecule has 0 atom stereocenters. The van der Waals surface area contributed by atoms with E-state index in [1.54, 1.807) is 36.3 Å². The standard InChI is InChI=1S/C23H23FN2O3/c1-29-20-9-10-21-16(13-20)11-17(22(27)25-21)14-26(19-7-2-3-8-19)23(28)15-5-4-6-18(24)12-15/h4-6,9-13,19H,2-3,7-8,14H2,1H3,(H,25,27). The highest BCUT2D eigenvalue weighted by molar-refractivity contribution is 5.94. The molecule has 0 radical (unpaired) electrons. The maximum Gasteiger partial charge on any atom is 0.254 e. The average Bonchev–Trinajstić information content (AvgIpc) is 3.26. The van der Waals surface area contributed by atoms with Gasteiger partial charge in [-0.15, -0.1) is 0 Å². The largest absolute Gasteiger partial charge is 0.497 e. The van der Waals surface area contributed by atoms with Gasteiger partial charge in [-0.3, -0.25) is 9.59 Å². The number of carbonyl (C=O) groups is 1. The molecule has 3 aromatic rings. The Balaban J connectivity index is 1.71. The van der Waals surface area contributed by atoms with Crippen molar-refractivity contribution < 1.29 is 13.9 Å². The lowest BCUT2D eigenvalue weighted by Crippen LogP contribution is -2.39. The van der Waals surface area contributed by atoms with Gasteiger partial charge >= 0.3 is 0 Å². The molecule has 1 heterocycles. The zero-order chi connectivity index (χ0) is 20.4. The van der Waals surface area contributed by atoms with Crippen LogP contribution in [0.2, 0.25) is 0 Å². The van der Waals surface area contributed by atoms with Gasteiger partial charge in [0.05, 0.1) is 13.7 Å². The molecular formula is C23H23FN2O3. The second-order valence-electron chi connectivity index (χ2n) is 7.46. The van der Waals surface area contributed by atoms with E-state index < -0.39 is 5.82 Å². The number of methoxy groups -OCH3 is 1. The predicted molar refractivity (Wildman–Crippen MR) is 110 cm³/mol. The summed E-state index contributed by atoms with van der Waals surface area (Å²) in [7, 11) is 1.59. The average molecular weight is 394 g/mol. The zero-order valence-corrected chi connectivity index (χ0v) is 16.3. The van der Waals surface area contributed by atoms with Crippen LogP contribution in [0.4, 0.5) is 4.39 Å². The summed E-state index contributed by atoms with van der Waals surface area (Å²) in [4.78, 5) is 30.5. The van der Waals surface area contributed by atoms with Gasteiger partial charge < -0.3 is 14.6 Å². The van der Waals surface area contributed by atoms with Gasteiger partial charge in [-0.2, -0.15) is 0 Å². The first-order valence-electron chi connectivity index (χ1n) is 9.81. The van der Waals surface area contributed by atoms with Crippen LogP contribution in [0.3, 0.4) is 0 Å². The highest BCUT2D eigenvalue weighted by atomic mass is 19.1. The Hall–Kier alpha value is -3.15. The summed E-state index contributed by atoms with van der Waals surface area (Å²) in [5.74, 6) is -0.00149. The van der Waals surface area contributed by atoms with E-state index in [2.05, 4.69) is 4.98 Å². The maximum absolute atomic E-state index is 13.7. The van der Waals surface area contributed by atoms with Gasteiger partial charge in [-0.25, -0.2) is 4.39 Å². The molecule has 4 rings (SSSR count). The van der Waals surface area contributed by atoms with E-state index in [9.17, 15) is 14.0 Å². The molecule has 1 fully saturated rings. The van der Waals surface area contributed by atoms with Crippen molar-refractivity contribution in [3.8, 4) is 5.75 Å². The summed E-state index contributed by atoms with van der Waals surface area (Å²) in [6.07, 6.45) is 3.87. The maximum atomic E-state index is 13.7. The van der Waals surface area contributed by atoms with Crippen LogP contribution in [-0.2, 0) is 6.54 Å². The summed E-state index contributed by atoms with van der Waals surface area (Å²) >= 11 is 0. The molecule has 1 aliphatic rings. The third kappa shape index (κ3) is 4.01. The molecule has 5 nitrogen and oxygen atoms in total. The molecule has 2 aromatic carbocycles. The van der Waals surface area contributed by atoms with E-state index in [1.807, 2.05) is 6.07 Å². The lowest BCUT2D eigenvalue weighted by molar-refractivity contribution is 0.0663. The second kappa shape index (κ2) is 8.07. The highest BCUT2D eigenvalue weighted by Gasteiger charge is 2.28. The van der Waals surface area contributed by atoms with Gasteiger partial charge in [-0.05, 0) is 55.3 Å². The SMILES string of the molecule is COc1ccc2[nH]c(=O)c(CN(C(=O)c3cccc(F)c3)C3CCCC3)cc2c1. The number of ether oxygens (including phenoxy) is 1. The van der Waals surface area contributed by atoms with Crippen molar-refractivity contribution in [2.24, 2.45) is 0 Å². The molecule has 150 valence electrons. The van der Waals surface area contributed by atoms with E-state index in [-0.39, 0.29) is 24.1 Å². The number of pyridine rings is 1. The Morgan fingerprint density at radius 3 is 2.69 bits per heavy atom. The van der Waals surface area contributed by atoms with E-state index in [0.29, 0.717) is 22.4 Å². The number of rotatable bonds is 5. The number of carbonyl (C=O) groups excluding carboxylic acids is 1. The molecule has 0 saturated heterocycles. The van der Waals surface area contributed by atoms with Crippen LogP contribution < -0.4 is 10.3 Å². The number of aromatic amines is 1. The number of halogens is 1. The summed E-state index contributed by atoms with van der Waals surface area (Å²) in [6, 6.07) is 13.0. The Morgan fingerprint density at radius 1 is 1.17 bits per heavy atom. The molecule has 29 heavy (non-hydrogen) atoms. The minimum absolute atomic E-state index is 0.0474. The van der Waals surface area contributed by atoms with Crippen LogP contribution in [0, 0.1) is 5.82 Å². The summed E-state index contributed by atoms with van der Waals surface area (Å²) in [6.45, 7) is 0.183. The fourth-order valence-electron chi connectivity index (χ4n) is 4.03. The van der Waals surface area contributed by atoms with E-state index in [4.69, 9.17) is 4.74 Å². The molecule has 1 amide bonds. The quantitative estimate of drug-likeness (QED) is 0.703. The molecule has 1 N–H and O–H groups in total. The van der Waals surface area contributed by atoms with Crippen LogP contribution in [0.25, 0.3) is 10.9 Å². The van der Waals surface area contributed by atoms with Crippen LogP contribution in [0.1, 0.15) is 41.6 Å². The number of H-pyrrole nitrogens is 1. The van der Waals surface area contributed by atoms with Crippen molar-refractivity contribution in [2.45, 2.75) is 38.3 Å². The van der Waals surface area contributed by atoms with E-state index in [1.165, 1.54) is 18.2 Å². The number of fused-ring (bicyclic) bond motifs is 1. The lowest BCUT2D eigenvalue weighted by Gasteiger charge is -2.29. The number of aromatic nitrogens is 1. The van der Waals surface area contributed by atoms with Crippen LogP contribution >= 0.6 is 0 Å². The van der Waals surface area contributed by atoms with Crippen LogP contribution in [-0.4, -0.2) is 28.9 Å². The Bertz CT molecular complexity index is 1100. The van der Waals surface area contributed by atoms with E-state index in [0.717, 1.165) is 31.1 Å². The number of nitrogens with one attached hydrogen (secondary N) is 1. The smallest absolute Gasteiger partial charge is 0.254 e. The minimum atomic E-state index is -0.446. The van der Waals surface area contributed by atoms with Crippen molar-refractivity contribution in [3.05, 3.63) is 75.8 Å². The monoisotopic (exact) mass is 394 g/mol. The highest BCUT2D eigenvalue weighted by Crippen LogP contribution is 2.27. The van der Waals surface area contributed by atoms with Crippen molar-refractivity contribution in [2.75, 3.05) is 7.11 Å². The number of benzene rings is 2. The minimum Gasteiger partial charge on any atom is -0.497 e. The predicted octanol–water partition coefficient (Wildman–Crippen LogP) is 4.26. The molecular weight excluding hydrogens is 371 g/mol. The number of hydrogen-bond acceptors (Lipinski definition) is 3. The fraction of sp³-hybridized carbons (Fsp3) is 0.304. The first-order chi connectivity index (χ1) is 14.0. The molecule has 1 saturated carbocycles. The van der Waals surface area contributed by atoms with Gasteiger partial charge in [0.2, 0.25) is 0 Å². The number of nitrogens with zero attached hydrogens (tertiary/aromatic N) is 1. The van der Waals surface area contributed by atoms with Crippen molar-refractivity contribution in [1.29, 1.82) is 0 Å². The summed E-state index contributed by atoms with van der Waals surface area (Å²) in [5, 5.41) is 0.837. The summed E-state index contributed by atoms with van der Waals surface area (Å²) in [5.41, 5.74) is 1.29. The number of amides is 1.